The summed E-state index contributed by atoms with van der Waals surface area (Å²) in [6.07, 6.45) is 12.6. The van der Waals surface area contributed by atoms with Crippen LogP contribution in [0, 0.1) is 0 Å². The van der Waals surface area contributed by atoms with Gasteiger partial charge in [0.05, 0.1) is 6.04 Å². The lowest BCUT2D eigenvalue weighted by molar-refractivity contribution is 0.560. The van der Waals surface area contributed by atoms with Crippen molar-refractivity contribution in [1.82, 2.24) is 10.3 Å². The predicted octanol–water partition coefficient (Wildman–Crippen LogP) is 3.80. The molecule has 1 aromatic heterocycles. The largest absolute Gasteiger partial charge is 0.307 e. The molecule has 0 amide bonds. The molecule has 2 rings (SSSR count). The van der Waals surface area contributed by atoms with Gasteiger partial charge in [0.15, 0.2) is 0 Å². The lowest BCUT2D eigenvalue weighted by Crippen LogP contribution is -2.24. The van der Waals surface area contributed by atoms with Crippen LogP contribution < -0.4 is 5.32 Å². The van der Waals surface area contributed by atoms with Gasteiger partial charge in [-0.2, -0.15) is 0 Å². The topological polar surface area (TPSA) is 24.9 Å². The molecule has 18 heavy (non-hydrogen) atoms. The molecule has 0 fully saturated rings. The summed E-state index contributed by atoms with van der Waals surface area (Å²) in [6, 6.07) is 2.58. The molecule has 1 heterocycles. The van der Waals surface area contributed by atoms with E-state index in [0.29, 0.717) is 6.04 Å². The molecule has 0 aliphatic heterocycles. The van der Waals surface area contributed by atoms with Crippen molar-refractivity contribution in [3.05, 3.63) is 41.2 Å². The van der Waals surface area contributed by atoms with E-state index in [-0.39, 0.29) is 0 Å². The van der Waals surface area contributed by atoms with Gasteiger partial charge >= 0.3 is 0 Å². The van der Waals surface area contributed by atoms with Crippen molar-refractivity contribution in [1.29, 1.82) is 0 Å². The van der Waals surface area contributed by atoms with E-state index in [1.165, 1.54) is 36.8 Å². The second kappa shape index (κ2) is 6.69. The fraction of sp³-hybridized carbons (Fsp3) is 0.562. The van der Waals surface area contributed by atoms with Crippen LogP contribution in [-0.4, -0.2) is 11.5 Å². The van der Waals surface area contributed by atoms with Gasteiger partial charge in [0.25, 0.3) is 0 Å². The number of hydrogen-bond acceptors (Lipinski definition) is 2. The van der Waals surface area contributed by atoms with Crippen molar-refractivity contribution in [2.45, 2.75) is 52.0 Å². The highest BCUT2D eigenvalue weighted by molar-refractivity contribution is 5.34. The Labute approximate surface area is 111 Å². The Morgan fingerprint density at radius 3 is 2.89 bits per heavy atom. The summed E-state index contributed by atoms with van der Waals surface area (Å²) in [5.41, 5.74) is 4.36. The van der Waals surface area contributed by atoms with Crippen molar-refractivity contribution in [3.8, 4) is 0 Å². The molecule has 2 nitrogen and oxygen atoms in total. The number of allylic oxidation sites excluding steroid dienone is 1. The summed E-state index contributed by atoms with van der Waals surface area (Å²) < 4.78 is 0. The van der Waals surface area contributed by atoms with Gasteiger partial charge in [-0.05, 0) is 55.8 Å². The molecule has 1 atom stereocenters. The Balaban J connectivity index is 2.31. The van der Waals surface area contributed by atoms with E-state index in [0.717, 1.165) is 13.0 Å². The van der Waals surface area contributed by atoms with E-state index in [4.69, 9.17) is 0 Å². The van der Waals surface area contributed by atoms with Gasteiger partial charge in [0.2, 0.25) is 0 Å². The fourth-order valence-corrected chi connectivity index (χ4v) is 2.79. The van der Waals surface area contributed by atoms with Gasteiger partial charge in [-0.15, -0.1) is 0 Å². The minimum atomic E-state index is 0.397. The third-order valence-corrected chi connectivity index (χ3v) is 3.74. The highest BCUT2D eigenvalue weighted by Crippen LogP contribution is 2.31. The number of aromatic nitrogens is 1. The van der Waals surface area contributed by atoms with Crippen molar-refractivity contribution in [3.63, 3.8) is 0 Å². The van der Waals surface area contributed by atoms with Crippen LogP contribution in [0.25, 0.3) is 0 Å². The zero-order valence-electron chi connectivity index (χ0n) is 11.6. The number of hydrogen-bond donors (Lipinski definition) is 1. The number of aryl methyl sites for hydroxylation is 1. The van der Waals surface area contributed by atoms with Gasteiger partial charge in [0.1, 0.15) is 0 Å². The third kappa shape index (κ3) is 2.99. The molecule has 1 aliphatic carbocycles. The summed E-state index contributed by atoms with van der Waals surface area (Å²) in [6.45, 7) is 5.40. The van der Waals surface area contributed by atoms with E-state index < -0.39 is 0 Å². The van der Waals surface area contributed by atoms with Crippen LogP contribution in [0.1, 0.15) is 56.7 Å². The molecule has 0 radical (unpaired) electrons. The molecule has 0 saturated carbocycles. The smallest absolute Gasteiger partial charge is 0.0539 e. The molecule has 2 heteroatoms. The molecule has 98 valence electrons. The highest BCUT2D eigenvalue weighted by Gasteiger charge is 2.19. The maximum absolute atomic E-state index is 4.26. The van der Waals surface area contributed by atoms with Crippen LogP contribution in [0.3, 0.4) is 0 Å². The second-order valence-corrected chi connectivity index (χ2v) is 4.94. The summed E-state index contributed by atoms with van der Waals surface area (Å²) >= 11 is 0. The highest BCUT2D eigenvalue weighted by atomic mass is 14.9. The third-order valence-electron chi connectivity index (χ3n) is 3.74. The van der Waals surface area contributed by atoms with Crippen molar-refractivity contribution < 1.29 is 0 Å². The maximum Gasteiger partial charge on any atom is 0.0539 e. The normalized spacial score (nSPS) is 17.3. The second-order valence-electron chi connectivity index (χ2n) is 4.94. The minimum Gasteiger partial charge on any atom is -0.307 e. The monoisotopic (exact) mass is 244 g/mol. The van der Waals surface area contributed by atoms with Crippen molar-refractivity contribution in [2.75, 3.05) is 6.54 Å². The molecule has 0 aromatic carbocycles. The molecule has 1 N–H and O–H groups in total. The zero-order chi connectivity index (χ0) is 12.8. The van der Waals surface area contributed by atoms with Crippen molar-refractivity contribution in [2.24, 2.45) is 0 Å². The fourth-order valence-electron chi connectivity index (χ4n) is 2.79. The quantitative estimate of drug-likeness (QED) is 0.797. The van der Waals surface area contributed by atoms with Crippen LogP contribution in [0.2, 0.25) is 0 Å². The summed E-state index contributed by atoms with van der Waals surface area (Å²) in [7, 11) is 0. The predicted molar refractivity (Wildman–Crippen MR) is 76.6 cm³/mol. The molecule has 1 aromatic rings. The number of nitrogens with zero attached hydrogens (tertiary/aromatic N) is 1. The van der Waals surface area contributed by atoms with Gasteiger partial charge in [-0.25, -0.2) is 0 Å². The Morgan fingerprint density at radius 1 is 1.33 bits per heavy atom. The lowest BCUT2D eigenvalue weighted by Gasteiger charge is -2.26. The molecule has 1 aliphatic rings. The minimum absolute atomic E-state index is 0.397. The molecule has 1 unspecified atom stereocenters. The SMILES string of the molecule is CCNC(C1=CCCCC1)c1ccncc1CC. The van der Waals surface area contributed by atoms with E-state index in [1.54, 1.807) is 5.57 Å². The van der Waals surface area contributed by atoms with Crippen LogP contribution in [0.4, 0.5) is 0 Å². The van der Waals surface area contributed by atoms with Crippen LogP contribution in [0.15, 0.2) is 30.1 Å². The number of nitrogens with one attached hydrogen (secondary N) is 1. The summed E-state index contributed by atoms with van der Waals surface area (Å²) in [4.78, 5) is 4.26. The van der Waals surface area contributed by atoms with Gasteiger partial charge in [-0.3, -0.25) is 4.98 Å². The maximum atomic E-state index is 4.26. The average molecular weight is 244 g/mol. The van der Waals surface area contributed by atoms with Crippen LogP contribution in [-0.2, 0) is 6.42 Å². The first kappa shape index (κ1) is 13.3. The molecule has 0 spiro atoms. The first-order valence-corrected chi connectivity index (χ1v) is 7.21. The average Bonchev–Trinajstić information content (AvgIpc) is 2.46. The summed E-state index contributed by atoms with van der Waals surface area (Å²) in [5.74, 6) is 0. The van der Waals surface area contributed by atoms with Gasteiger partial charge in [-0.1, -0.05) is 25.5 Å². The Morgan fingerprint density at radius 2 is 2.22 bits per heavy atom. The Kier molecular flexibility index (Phi) is 4.94. The molecule has 0 bridgehead atoms. The standard InChI is InChI=1S/C16H24N2/c1-3-13-12-17-11-10-15(13)16(18-4-2)14-8-6-5-7-9-14/h8,10-12,16,18H,3-7,9H2,1-2H3. The number of pyridine rings is 1. The summed E-state index contributed by atoms with van der Waals surface area (Å²) in [5, 5.41) is 3.65. The van der Waals surface area contributed by atoms with E-state index in [9.17, 15) is 0 Å². The van der Waals surface area contributed by atoms with Crippen LogP contribution >= 0.6 is 0 Å². The lowest BCUT2D eigenvalue weighted by atomic mass is 9.88. The Hall–Kier alpha value is -1.15. The molecular formula is C16H24N2. The molecular weight excluding hydrogens is 220 g/mol. The van der Waals surface area contributed by atoms with Crippen molar-refractivity contribution >= 4 is 0 Å². The number of likely N-dealkylation sites (N-methyl/N-ethyl adjacent to an activating group) is 1. The first-order chi connectivity index (χ1) is 8.86. The number of rotatable bonds is 5. The van der Waals surface area contributed by atoms with Crippen LogP contribution in [0.5, 0.6) is 0 Å². The van der Waals surface area contributed by atoms with E-state index in [2.05, 4.69) is 36.3 Å². The van der Waals surface area contributed by atoms with Gasteiger partial charge in [0, 0.05) is 12.4 Å². The molecule has 0 saturated heterocycles. The van der Waals surface area contributed by atoms with E-state index >= 15 is 0 Å². The first-order valence-electron chi connectivity index (χ1n) is 7.21. The van der Waals surface area contributed by atoms with E-state index in [1.807, 2.05) is 12.4 Å². The zero-order valence-corrected chi connectivity index (χ0v) is 11.6. The Bertz CT molecular complexity index is 409. The van der Waals surface area contributed by atoms with Gasteiger partial charge < -0.3 is 5.32 Å².